The number of nitrogens with two attached hydrogens (primary N) is 1. The first-order valence-electron chi connectivity index (χ1n) is 8.18. The van der Waals surface area contributed by atoms with Gasteiger partial charge in [0.15, 0.2) is 0 Å². The highest BCUT2D eigenvalue weighted by atomic mass is 35.5. The summed E-state index contributed by atoms with van der Waals surface area (Å²) in [7, 11) is 0. The van der Waals surface area contributed by atoms with Gasteiger partial charge >= 0.3 is 0 Å². The Labute approximate surface area is 152 Å². The molecule has 3 rings (SSSR count). The van der Waals surface area contributed by atoms with Crippen molar-refractivity contribution in [3.05, 3.63) is 46.1 Å². The van der Waals surface area contributed by atoms with E-state index >= 15 is 0 Å². The molecule has 1 aliphatic heterocycles. The zero-order chi connectivity index (χ0) is 18.1. The highest BCUT2D eigenvalue weighted by Gasteiger charge is 2.28. The van der Waals surface area contributed by atoms with Crippen molar-refractivity contribution in [1.82, 2.24) is 9.88 Å². The van der Waals surface area contributed by atoms with Gasteiger partial charge < -0.3 is 10.6 Å². The molecule has 2 aromatic rings. The van der Waals surface area contributed by atoms with E-state index in [-0.39, 0.29) is 17.6 Å². The smallest absolute Gasteiger partial charge is 0.225 e. The van der Waals surface area contributed by atoms with E-state index in [1.54, 1.807) is 12.1 Å². The SMILES string of the molecule is CC(C)C(=O)N1CCc2nc(N)c(C#N)c(-c3ccc(Cl)cc3)c2C1. The van der Waals surface area contributed by atoms with Crippen LogP contribution in [0.4, 0.5) is 5.82 Å². The van der Waals surface area contributed by atoms with Crippen molar-refractivity contribution in [2.45, 2.75) is 26.8 Å². The van der Waals surface area contributed by atoms with E-state index in [0.29, 0.717) is 30.1 Å². The molecule has 0 unspecified atom stereocenters. The molecule has 6 heteroatoms. The largest absolute Gasteiger partial charge is 0.383 e. The number of amides is 1. The van der Waals surface area contributed by atoms with Crippen molar-refractivity contribution in [1.29, 1.82) is 5.26 Å². The summed E-state index contributed by atoms with van der Waals surface area (Å²) < 4.78 is 0. The summed E-state index contributed by atoms with van der Waals surface area (Å²) in [6.07, 6.45) is 0.629. The van der Waals surface area contributed by atoms with E-state index in [2.05, 4.69) is 11.1 Å². The molecule has 0 spiro atoms. The van der Waals surface area contributed by atoms with E-state index < -0.39 is 0 Å². The topological polar surface area (TPSA) is 83.0 Å². The van der Waals surface area contributed by atoms with E-state index in [9.17, 15) is 10.1 Å². The Kier molecular flexibility index (Phi) is 4.65. The van der Waals surface area contributed by atoms with Crippen molar-refractivity contribution in [3.63, 3.8) is 0 Å². The van der Waals surface area contributed by atoms with Crippen LogP contribution in [0, 0.1) is 17.2 Å². The van der Waals surface area contributed by atoms with Crippen LogP contribution in [0.15, 0.2) is 24.3 Å². The van der Waals surface area contributed by atoms with Gasteiger partial charge in [-0.3, -0.25) is 4.79 Å². The number of nitrogen functional groups attached to an aromatic ring is 1. The summed E-state index contributed by atoms with van der Waals surface area (Å²) in [6, 6.07) is 9.45. The fourth-order valence-electron chi connectivity index (χ4n) is 3.18. The fraction of sp³-hybridized carbons (Fsp3) is 0.316. The minimum Gasteiger partial charge on any atom is -0.383 e. The molecule has 5 nitrogen and oxygen atoms in total. The molecule has 0 bridgehead atoms. The van der Waals surface area contributed by atoms with E-state index in [4.69, 9.17) is 17.3 Å². The number of carbonyl (C=O) groups is 1. The van der Waals surface area contributed by atoms with Crippen molar-refractivity contribution in [2.75, 3.05) is 12.3 Å². The van der Waals surface area contributed by atoms with Crippen LogP contribution >= 0.6 is 11.6 Å². The van der Waals surface area contributed by atoms with Crippen LogP contribution < -0.4 is 5.73 Å². The van der Waals surface area contributed by atoms with Crippen LogP contribution in [0.3, 0.4) is 0 Å². The van der Waals surface area contributed by atoms with Gasteiger partial charge in [-0.2, -0.15) is 5.26 Å². The predicted octanol–water partition coefficient (Wildman–Crippen LogP) is 3.40. The average Bonchev–Trinajstić information content (AvgIpc) is 2.60. The number of carbonyl (C=O) groups excluding carboxylic acids is 1. The van der Waals surface area contributed by atoms with E-state index in [1.807, 2.05) is 30.9 Å². The number of aromatic nitrogens is 1. The lowest BCUT2D eigenvalue weighted by atomic mass is 9.91. The highest BCUT2D eigenvalue weighted by molar-refractivity contribution is 6.30. The molecule has 0 saturated heterocycles. The standard InChI is InChI=1S/C19H19ClN4O/c1-11(2)19(25)24-8-7-16-15(10-24)17(14(9-21)18(22)23-16)12-3-5-13(20)6-4-12/h3-6,11H,7-8,10H2,1-2H3,(H2,22,23). The molecule has 1 aliphatic rings. The summed E-state index contributed by atoms with van der Waals surface area (Å²) in [6.45, 7) is 4.83. The minimum absolute atomic E-state index is 0.0716. The number of halogens is 1. The quantitative estimate of drug-likeness (QED) is 0.895. The number of fused-ring (bicyclic) bond motifs is 1. The first-order valence-corrected chi connectivity index (χ1v) is 8.56. The number of benzene rings is 1. The monoisotopic (exact) mass is 354 g/mol. The van der Waals surface area contributed by atoms with Crippen molar-refractivity contribution in [2.24, 2.45) is 5.92 Å². The van der Waals surface area contributed by atoms with Crippen molar-refractivity contribution < 1.29 is 4.79 Å². The Morgan fingerprint density at radius 1 is 1.36 bits per heavy atom. The number of rotatable bonds is 2. The third kappa shape index (κ3) is 3.18. The summed E-state index contributed by atoms with van der Waals surface area (Å²) in [5, 5.41) is 10.2. The van der Waals surface area contributed by atoms with Gasteiger partial charge in [0.1, 0.15) is 17.5 Å². The van der Waals surface area contributed by atoms with Crippen LogP contribution in [0.1, 0.15) is 30.7 Å². The Morgan fingerprint density at radius 2 is 2.04 bits per heavy atom. The van der Waals surface area contributed by atoms with Crippen molar-refractivity contribution >= 4 is 23.3 Å². The molecule has 1 aromatic carbocycles. The zero-order valence-electron chi connectivity index (χ0n) is 14.2. The molecule has 1 amide bonds. The normalized spacial score (nSPS) is 13.5. The van der Waals surface area contributed by atoms with Gasteiger partial charge in [0.25, 0.3) is 0 Å². The lowest BCUT2D eigenvalue weighted by Crippen LogP contribution is -2.39. The number of pyridine rings is 1. The molecule has 0 radical (unpaired) electrons. The first kappa shape index (κ1) is 17.2. The molecular weight excluding hydrogens is 336 g/mol. The fourth-order valence-corrected chi connectivity index (χ4v) is 3.31. The summed E-state index contributed by atoms with van der Waals surface area (Å²) in [5.74, 6) is 0.260. The molecule has 128 valence electrons. The van der Waals surface area contributed by atoms with Gasteiger partial charge in [-0.1, -0.05) is 37.6 Å². The van der Waals surface area contributed by atoms with Gasteiger partial charge in [-0.05, 0) is 17.7 Å². The Balaban J connectivity index is 2.17. The molecule has 25 heavy (non-hydrogen) atoms. The van der Waals surface area contributed by atoms with Gasteiger partial charge in [0, 0.05) is 41.6 Å². The van der Waals surface area contributed by atoms with E-state index in [1.165, 1.54) is 0 Å². The van der Waals surface area contributed by atoms with Crippen LogP contribution in [0.2, 0.25) is 5.02 Å². The average molecular weight is 355 g/mol. The third-order valence-corrected chi connectivity index (χ3v) is 4.68. The van der Waals surface area contributed by atoms with Gasteiger partial charge in [0.2, 0.25) is 5.91 Å². The van der Waals surface area contributed by atoms with Gasteiger partial charge in [-0.15, -0.1) is 0 Å². The number of nitrogens with zero attached hydrogens (tertiary/aromatic N) is 3. The molecule has 1 aromatic heterocycles. The maximum absolute atomic E-state index is 12.4. The Bertz CT molecular complexity index is 868. The molecule has 2 heterocycles. The second kappa shape index (κ2) is 6.73. The van der Waals surface area contributed by atoms with Crippen LogP contribution in [0.25, 0.3) is 11.1 Å². The predicted molar refractivity (Wildman–Crippen MR) is 97.8 cm³/mol. The molecule has 0 saturated carbocycles. The number of nitriles is 1. The lowest BCUT2D eigenvalue weighted by molar-refractivity contribution is -0.135. The zero-order valence-corrected chi connectivity index (χ0v) is 15.0. The van der Waals surface area contributed by atoms with Crippen molar-refractivity contribution in [3.8, 4) is 17.2 Å². The molecule has 0 fully saturated rings. The summed E-state index contributed by atoms with van der Waals surface area (Å²) in [5.41, 5.74) is 9.73. The second-order valence-electron chi connectivity index (χ2n) is 6.46. The van der Waals surface area contributed by atoms with E-state index in [0.717, 1.165) is 22.4 Å². The van der Waals surface area contributed by atoms with Crippen LogP contribution in [-0.4, -0.2) is 22.3 Å². The second-order valence-corrected chi connectivity index (χ2v) is 6.89. The highest BCUT2D eigenvalue weighted by Crippen LogP contribution is 2.35. The molecule has 0 aliphatic carbocycles. The summed E-state index contributed by atoms with van der Waals surface area (Å²) in [4.78, 5) is 18.7. The summed E-state index contributed by atoms with van der Waals surface area (Å²) >= 11 is 5.99. The Hall–Kier alpha value is -2.58. The number of hydrogen-bond acceptors (Lipinski definition) is 4. The van der Waals surface area contributed by atoms with Crippen LogP contribution in [-0.2, 0) is 17.8 Å². The third-order valence-electron chi connectivity index (χ3n) is 4.43. The molecular formula is C19H19ClN4O. The van der Waals surface area contributed by atoms with Gasteiger partial charge in [-0.25, -0.2) is 4.98 Å². The van der Waals surface area contributed by atoms with Gasteiger partial charge in [0.05, 0.1) is 5.69 Å². The first-order chi connectivity index (χ1) is 11.9. The Morgan fingerprint density at radius 3 is 2.64 bits per heavy atom. The minimum atomic E-state index is -0.0716. The molecule has 2 N–H and O–H groups in total. The maximum Gasteiger partial charge on any atom is 0.225 e. The number of hydrogen-bond donors (Lipinski definition) is 1. The molecule has 0 atom stereocenters. The lowest BCUT2D eigenvalue weighted by Gasteiger charge is -2.31. The van der Waals surface area contributed by atoms with Crippen LogP contribution in [0.5, 0.6) is 0 Å². The maximum atomic E-state index is 12.4. The number of anilines is 1.